The molecule has 4 rings (SSSR count). The number of likely N-dealkylation sites (tertiary alicyclic amines) is 1. The van der Waals surface area contributed by atoms with Crippen LogP contribution in [0.2, 0.25) is 5.02 Å². The summed E-state index contributed by atoms with van der Waals surface area (Å²) in [5, 5.41) is 0.390. The van der Waals surface area contributed by atoms with E-state index in [-0.39, 0.29) is 24.1 Å². The van der Waals surface area contributed by atoms with Crippen molar-refractivity contribution in [2.24, 2.45) is 0 Å². The van der Waals surface area contributed by atoms with E-state index >= 15 is 0 Å². The Hall–Kier alpha value is -3.19. The smallest absolute Gasteiger partial charge is 0.410 e. The number of halogens is 1. The summed E-state index contributed by atoms with van der Waals surface area (Å²) in [5.74, 6) is 0.875. The summed E-state index contributed by atoms with van der Waals surface area (Å²) in [6.45, 7) is 1.56. The Morgan fingerprint density at radius 2 is 1.85 bits per heavy atom. The normalized spacial score (nSPS) is 18.9. The molecule has 1 atom stereocenters. The molecule has 8 heteroatoms. The largest absolute Gasteiger partial charge is 0.493 e. The van der Waals surface area contributed by atoms with Gasteiger partial charge in [-0.05, 0) is 48.6 Å². The van der Waals surface area contributed by atoms with Gasteiger partial charge in [-0.3, -0.25) is 9.69 Å². The molecule has 180 valence electrons. The quantitative estimate of drug-likeness (QED) is 0.544. The molecule has 0 N–H and O–H groups in total. The maximum Gasteiger partial charge on any atom is 0.410 e. The first-order valence-corrected chi connectivity index (χ1v) is 11.8. The van der Waals surface area contributed by atoms with Gasteiger partial charge in [0.05, 0.1) is 25.3 Å². The Morgan fingerprint density at radius 3 is 2.53 bits per heavy atom. The lowest BCUT2D eigenvalue weighted by Gasteiger charge is -2.37. The second-order valence-corrected chi connectivity index (χ2v) is 8.80. The van der Waals surface area contributed by atoms with Gasteiger partial charge in [-0.2, -0.15) is 0 Å². The molecule has 2 saturated heterocycles. The SMILES string of the molecule is COc1ccc(C=CC(=O)N2CCC(N3C(=O)OCC3Cc3ccccc3)CC2)c(Cl)c1OC. The lowest BCUT2D eigenvalue weighted by molar-refractivity contribution is -0.127. The molecule has 2 aromatic carbocycles. The molecule has 0 bridgehead atoms. The molecule has 2 heterocycles. The predicted octanol–water partition coefficient (Wildman–Crippen LogP) is 4.42. The molecule has 0 spiro atoms. The number of methoxy groups -OCH3 is 2. The fourth-order valence-corrected chi connectivity index (χ4v) is 4.92. The Bertz CT molecular complexity index is 1050. The minimum atomic E-state index is -0.256. The van der Waals surface area contributed by atoms with Crippen LogP contribution in [0.1, 0.15) is 24.0 Å². The summed E-state index contributed by atoms with van der Waals surface area (Å²) >= 11 is 6.41. The maximum atomic E-state index is 12.8. The number of rotatable bonds is 7. The lowest BCUT2D eigenvalue weighted by atomic mass is 9.99. The Balaban J connectivity index is 1.36. The van der Waals surface area contributed by atoms with Crippen LogP contribution in [0.3, 0.4) is 0 Å². The number of piperidine rings is 1. The number of amides is 2. The van der Waals surface area contributed by atoms with Crippen LogP contribution in [0, 0.1) is 0 Å². The zero-order valence-electron chi connectivity index (χ0n) is 19.4. The van der Waals surface area contributed by atoms with Crippen molar-refractivity contribution in [2.45, 2.75) is 31.3 Å². The molecule has 7 nitrogen and oxygen atoms in total. The molecule has 2 fully saturated rings. The third kappa shape index (κ3) is 5.14. The van der Waals surface area contributed by atoms with E-state index < -0.39 is 0 Å². The third-order valence-electron chi connectivity index (χ3n) is 6.41. The first kappa shape index (κ1) is 24.0. The fourth-order valence-electron chi connectivity index (χ4n) is 4.63. The highest BCUT2D eigenvalue weighted by atomic mass is 35.5. The van der Waals surface area contributed by atoms with Crippen molar-refractivity contribution in [1.82, 2.24) is 9.80 Å². The van der Waals surface area contributed by atoms with Gasteiger partial charge in [0.15, 0.2) is 11.5 Å². The summed E-state index contributed by atoms with van der Waals surface area (Å²) in [7, 11) is 3.07. The second-order valence-electron chi connectivity index (χ2n) is 8.42. The summed E-state index contributed by atoms with van der Waals surface area (Å²) < 4.78 is 15.9. The highest BCUT2D eigenvalue weighted by Crippen LogP contribution is 2.37. The molecular formula is C26H29ClN2O5. The number of ether oxygens (including phenoxy) is 3. The van der Waals surface area contributed by atoms with Crippen LogP contribution in [-0.2, 0) is 16.0 Å². The summed E-state index contributed by atoms with van der Waals surface area (Å²) in [5.41, 5.74) is 1.86. The number of carbonyl (C=O) groups excluding carboxylic acids is 2. The lowest BCUT2D eigenvalue weighted by Crippen LogP contribution is -2.50. The molecule has 2 amide bonds. The van der Waals surface area contributed by atoms with E-state index in [0.717, 1.165) is 19.3 Å². The topological polar surface area (TPSA) is 68.3 Å². The molecule has 2 aliphatic rings. The minimum Gasteiger partial charge on any atom is -0.493 e. The van der Waals surface area contributed by atoms with E-state index in [1.165, 1.54) is 18.7 Å². The van der Waals surface area contributed by atoms with E-state index in [4.69, 9.17) is 25.8 Å². The highest BCUT2D eigenvalue weighted by Gasteiger charge is 2.39. The van der Waals surface area contributed by atoms with Crippen molar-refractivity contribution >= 4 is 29.7 Å². The molecule has 0 saturated carbocycles. The summed E-state index contributed by atoms with van der Waals surface area (Å²) in [6, 6.07) is 13.8. The van der Waals surface area contributed by atoms with Crippen LogP contribution in [0.25, 0.3) is 6.08 Å². The molecule has 2 aliphatic heterocycles. The van der Waals surface area contributed by atoms with Gasteiger partial charge < -0.3 is 19.1 Å². The zero-order chi connectivity index (χ0) is 24.1. The molecule has 0 radical (unpaired) electrons. The van der Waals surface area contributed by atoms with E-state index in [9.17, 15) is 9.59 Å². The van der Waals surface area contributed by atoms with Crippen molar-refractivity contribution in [3.05, 3.63) is 64.7 Å². The predicted molar refractivity (Wildman–Crippen MR) is 130 cm³/mol. The van der Waals surface area contributed by atoms with Crippen LogP contribution in [0.4, 0.5) is 4.79 Å². The van der Waals surface area contributed by atoms with Gasteiger partial charge >= 0.3 is 6.09 Å². The van der Waals surface area contributed by atoms with E-state index in [1.807, 2.05) is 23.1 Å². The van der Waals surface area contributed by atoms with Gasteiger partial charge in [-0.1, -0.05) is 41.9 Å². The zero-order valence-corrected chi connectivity index (χ0v) is 20.2. The number of hydrogen-bond donors (Lipinski definition) is 0. The van der Waals surface area contributed by atoms with Crippen molar-refractivity contribution in [2.75, 3.05) is 33.9 Å². The molecule has 34 heavy (non-hydrogen) atoms. The molecule has 0 aliphatic carbocycles. The molecule has 0 aromatic heterocycles. The molecular weight excluding hydrogens is 456 g/mol. The number of carbonyl (C=O) groups is 2. The monoisotopic (exact) mass is 484 g/mol. The molecule has 1 unspecified atom stereocenters. The van der Waals surface area contributed by atoms with Crippen molar-refractivity contribution in [3.63, 3.8) is 0 Å². The van der Waals surface area contributed by atoms with Crippen LogP contribution >= 0.6 is 11.6 Å². The van der Waals surface area contributed by atoms with Gasteiger partial charge in [0, 0.05) is 25.2 Å². The van der Waals surface area contributed by atoms with E-state index in [1.54, 1.807) is 30.2 Å². The van der Waals surface area contributed by atoms with Crippen molar-refractivity contribution in [1.29, 1.82) is 0 Å². The number of benzene rings is 2. The first-order chi connectivity index (χ1) is 16.5. The van der Waals surface area contributed by atoms with Crippen molar-refractivity contribution < 1.29 is 23.8 Å². The van der Waals surface area contributed by atoms with Crippen LogP contribution in [0.5, 0.6) is 11.5 Å². The van der Waals surface area contributed by atoms with Crippen LogP contribution < -0.4 is 9.47 Å². The van der Waals surface area contributed by atoms with Gasteiger partial charge in [0.2, 0.25) is 5.91 Å². The second kappa shape index (κ2) is 10.8. The number of cyclic esters (lactones) is 1. The van der Waals surface area contributed by atoms with Gasteiger partial charge in [-0.25, -0.2) is 4.79 Å². The maximum absolute atomic E-state index is 12.8. The fraction of sp³-hybridized carbons (Fsp3) is 0.385. The van der Waals surface area contributed by atoms with Crippen LogP contribution in [0.15, 0.2) is 48.5 Å². The average molecular weight is 485 g/mol. The average Bonchev–Trinajstić information content (AvgIpc) is 3.23. The number of nitrogens with zero attached hydrogens (tertiary/aromatic N) is 2. The first-order valence-electron chi connectivity index (χ1n) is 11.4. The van der Waals surface area contributed by atoms with E-state index in [0.29, 0.717) is 41.8 Å². The highest BCUT2D eigenvalue weighted by molar-refractivity contribution is 6.33. The Labute approximate surface area is 204 Å². The van der Waals surface area contributed by atoms with Crippen molar-refractivity contribution in [3.8, 4) is 11.5 Å². The Kier molecular flexibility index (Phi) is 7.63. The van der Waals surface area contributed by atoms with Gasteiger partial charge in [-0.15, -0.1) is 0 Å². The minimum absolute atomic E-state index is 0.0224. The van der Waals surface area contributed by atoms with E-state index in [2.05, 4.69) is 12.1 Å². The summed E-state index contributed by atoms with van der Waals surface area (Å²) in [6.07, 6.45) is 5.16. The standard InChI is InChI=1S/C26H29ClN2O5/c1-32-22-10-8-19(24(27)25(22)33-2)9-11-23(30)28-14-12-20(13-15-28)29-21(17-34-26(29)31)16-18-6-4-3-5-7-18/h3-11,20-21H,12-17H2,1-2H3. The summed E-state index contributed by atoms with van der Waals surface area (Å²) in [4.78, 5) is 28.9. The van der Waals surface area contributed by atoms with Crippen LogP contribution in [-0.4, -0.2) is 67.8 Å². The number of hydrogen-bond acceptors (Lipinski definition) is 5. The third-order valence-corrected chi connectivity index (χ3v) is 6.80. The van der Waals surface area contributed by atoms with Gasteiger partial charge in [0.25, 0.3) is 0 Å². The van der Waals surface area contributed by atoms with Gasteiger partial charge in [0.1, 0.15) is 6.61 Å². The Morgan fingerprint density at radius 1 is 1.12 bits per heavy atom. The molecule has 2 aromatic rings.